The fourth-order valence-corrected chi connectivity index (χ4v) is 5.30. The predicted octanol–water partition coefficient (Wildman–Crippen LogP) is 5.81. The van der Waals surface area contributed by atoms with E-state index in [1.165, 1.54) is 75.2 Å². The van der Waals surface area contributed by atoms with E-state index in [1.807, 2.05) is 0 Å². The van der Waals surface area contributed by atoms with Crippen molar-refractivity contribution in [2.75, 3.05) is 14.1 Å². The summed E-state index contributed by atoms with van der Waals surface area (Å²) in [4.78, 5) is 2.44. The maximum Gasteiger partial charge on any atom is 0.0482 e. The van der Waals surface area contributed by atoms with Crippen molar-refractivity contribution < 1.29 is 0 Å². The lowest BCUT2D eigenvalue weighted by atomic mass is 9.83. The number of para-hydroxylation sites is 1. The van der Waals surface area contributed by atoms with E-state index in [9.17, 15) is 0 Å². The molecule has 2 unspecified atom stereocenters. The van der Waals surface area contributed by atoms with Crippen LogP contribution in [0.3, 0.4) is 0 Å². The largest absolute Gasteiger partial charge is 0.344 e. The van der Waals surface area contributed by atoms with Gasteiger partial charge in [0, 0.05) is 29.7 Å². The van der Waals surface area contributed by atoms with Crippen LogP contribution in [0.4, 0.5) is 0 Å². The molecule has 2 atom stereocenters. The first kappa shape index (κ1) is 17.1. The van der Waals surface area contributed by atoms with Crippen molar-refractivity contribution in [1.29, 1.82) is 0 Å². The van der Waals surface area contributed by atoms with Crippen LogP contribution < -0.4 is 0 Å². The summed E-state index contributed by atoms with van der Waals surface area (Å²) >= 11 is 0. The van der Waals surface area contributed by atoms with Crippen LogP contribution in [0.2, 0.25) is 0 Å². The van der Waals surface area contributed by atoms with Gasteiger partial charge >= 0.3 is 0 Å². The van der Waals surface area contributed by atoms with Crippen molar-refractivity contribution in [2.24, 2.45) is 5.92 Å². The van der Waals surface area contributed by atoms with E-state index < -0.39 is 0 Å². The van der Waals surface area contributed by atoms with Crippen molar-refractivity contribution in [1.82, 2.24) is 9.47 Å². The molecule has 2 fully saturated rings. The second-order valence-electron chi connectivity index (χ2n) is 8.72. The first-order valence-electron chi connectivity index (χ1n) is 10.5. The molecule has 0 aliphatic heterocycles. The van der Waals surface area contributed by atoms with E-state index >= 15 is 0 Å². The standard InChI is InChI=1S/C23H34N2/c1-24(2)21-13-8-12-19(15-21)23-16-20-11-6-7-14-22(20)25(23)17-18-9-4-3-5-10-18/h6-7,11,14,16,18-19,21H,3-5,8-10,12-13,15,17H2,1-2H3. The Morgan fingerprint density at radius 1 is 0.960 bits per heavy atom. The fourth-order valence-electron chi connectivity index (χ4n) is 5.30. The molecule has 0 N–H and O–H groups in total. The highest BCUT2D eigenvalue weighted by Gasteiger charge is 2.28. The Morgan fingerprint density at radius 3 is 2.56 bits per heavy atom. The summed E-state index contributed by atoms with van der Waals surface area (Å²) in [6.45, 7) is 1.24. The highest BCUT2D eigenvalue weighted by molar-refractivity contribution is 5.81. The van der Waals surface area contributed by atoms with Crippen LogP contribution in [0.25, 0.3) is 10.9 Å². The van der Waals surface area contributed by atoms with Gasteiger partial charge in [0.1, 0.15) is 0 Å². The Hall–Kier alpha value is -1.28. The van der Waals surface area contributed by atoms with Gasteiger partial charge in [-0.25, -0.2) is 0 Å². The second kappa shape index (κ2) is 7.53. The van der Waals surface area contributed by atoms with Crippen LogP contribution in [0, 0.1) is 5.92 Å². The zero-order valence-electron chi connectivity index (χ0n) is 16.1. The number of benzene rings is 1. The van der Waals surface area contributed by atoms with E-state index in [4.69, 9.17) is 0 Å². The Morgan fingerprint density at radius 2 is 1.76 bits per heavy atom. The van der Waals surface area contributed by atoms with Crippen LogP contribution in [0.5, 0.6) is 0 Å². The molecular weight excluding hydrogens is 304 g/mol. The van der Waals surface area contributed by atoms with Gasteiger partial charge in [-0.15, -0.1) is 0 Å². The fraction of sp³-hybridized carbons (Fsp3) is 0.652. The molecule has 0 saturated heterocycles. The van der Waals surface area contributed by atoms with E-state index in [-0.39, 0.29) is 0 Å². The monoisotopic (exact) mass is 338 g/mol. The predicted molar refractivity (Wildman–Crippen MR) is 107 cm³/mol. The van der Waals surface area contributed by atoms with Gasteiger partial charge in [0.25, 0.3) is 0 Å². The summed E-state index contributed by atoms with van der Waals surface area (Å²) < 4.78 is 2.72. The summed E-state index contributed by atoms with van der Waals surface area (Å²) in [6.07, 6.45) is 12.6. The molecule has 25 heavy (non-hydrogen) atoms. The van der Waals surface area contributed by atoms with Crippen molar-refractivity contribution in [3.63, 3.8) is 0 Å². The summed E-state index contributed by atoms with van der Waals surface area (Å²) in [5.74, 6) is 1.62. The lowest BCUT2D eigenvalue weighted by molar-refractivity contribution is 0.209. The minimum atomic E-state index is 0.733. The van der Waals surface area contributed by atoms with Crippen molar-refractivity contribution in [3.05, 3.63) is 36.0 Å². The SMILES string of the molecule is CN(C)C1CCCC(c2cc3ccccc3n2CC2CCCCC2)C1. The maximum atomic E-state index is 2.72. The topological polar surface area (TPSA) is 8.17 Å². The first-order chi connectivity index (χ1) is 12.2. The van der Waals surface area contributed by atoms with Crippen LogP contribution in [-0.4, -0.2) is 29.6 Å². The van der Waals surface area contributed by atoms with E-state index in [2.05, 4.69) is 53.9 Å². The van der Waals surface area contributed by atoms with Gasteiger partial charge in [-0.1, -0.05) is 43.9 Å². The molecule has 2 heteroatoms. The maximum absolute atomic E-state index is 2.72. The molecule has 0 spiro atoms. The highest BCUT2D eigenvalue weighted by atomic mass is 15.1. The normalized spacial score (nSPS) is 25.7. The average Bonchev–Trinajstić information content (AvgIpc) is 3.01. The number of rotatable bonds is 4. The van der Waals surface area contributed by atoms with Crippen LogP contribution in [-0.2, 0) is 6.54 Å². The van der Waals surface area contributed by atoms with Crippen molar-refractivity contribution in [3.8, 4) is 0 Å². The van der Waals surface area contributed by atoms with E-state index in [0.29, 0.717) is 0 Å². The lowest BCUT2D eigenvalue weighted by Gasteiger charge is -2.34. The van der Waals surface area contributed by atoms with Gasteiger partial charge in [-0.2, -0.15) is 0 Å². The molecule has 1 heterocycles. The lowest BCUT2D eigenvalue weighted by Crippen LogP contribution is -2.33. The Labute approximate surface area is 153 Å². The summed E-state index contributed by atoms with van der Waals surface area (Å²) in [5, 5.41) is 1.44. The molecule has 0 amide bonds. The van der Waals surface area contributed by atoms with Gasteiger partial charge in [-0.3, -0.25) is 0 Å². The van der Waals surface area contributed by atoms with Crippen LogP contribution >= 0.6 is 0 Å². The van der Waals surface area contributed by atoms with Crippen molar-refractivity contribution >= 4 is 10.9 Å². The molecular formula is C23H34N2. The molecule has 136 valence electrons. The summed E-state index contributed by atoms with van der Waals surface area (Å²) in [5.41, 5.74) is 3.09. The molecule has 2 nitrogen and oxygen atoms in total. The molecule has 0 bridgehead atoms. The van der Waals surface area contributed by atoms with E-state index in [0.717, 1.165) is 17.9 Å². The third-order valence-electron chi connectivity index (χ3n) is 6.80. The van der Waals surface area contributed by atoms with Crippen LogP contribution in [0.15, 0.2) is 30.3 Å². The molecule has 1 aromatic heterocycles. The average molecular weight is 339 g/mol. The zero-order valence-corrected chi connectivity index (χ0v) is 16.1. The summed E-state index contributed by atoms with van der Waals surface area (Å²) in [7, 11) is 4.51. The van der Waals surface area contributed by atoms with Crippen molar-refractivity contribution in [2.45, 2.75) is 76.3 Å². The third kappa shape index (κ3) is 3.65. The van der Waals surface area contributed by atoms with Gasteiger partial charge < -0.3 is 9.47 Å². The minimum Gasteiger partial charge on any atom is -0.344 e. The number of nitrogens with zero attached hydrogens (tertiary/aromatic N) is 2. The third-order valence-corrected chi connectivity index (χ3v) is 6.80. The number of fused-ring (bicyclic) bond motifs is 1. The van der Waals surface area contributed by atoms with Gasteiger partial charge in [-0.05, 0) is 69.6 Å². The van der Waals surface area contributed by atoms with Crippen LogP contribution in [0.1, 0.15) is 69.4 Å². The number of aromatic nitrogens is 1. The molecule has 2 aliphatic rings. The molecule has 2 aliphatic carbocycles. The Bertz CT molecular complexity index is 693. The molecule has 1 aromatic carbocycles. The Balaban J connectivity index is 1.66. The highest BCUT2D eigenvalue weighted by Crippen LogP contribution is 2.38. The number of hydrogen-bond acceptors (Lipinski definition) is 1. The minimum absolute atomic E-state index is 0.733. The first-order valence-corrected chi connectivity index (χ1v) is 10.5. The molecule has 2 aromatic rings. The Kier molecular flexibility index (Phi) is 5.17. The zero-order chi connectivity index (χ0) is 17.2. The molecule has 4 rings (SSSR count). The van der Waals surface area contributed by atoms with Gasteiger partial charge in [0.05, 0.1) is 0 Å². The number of hydrogen-bond donors (Lipinski definition) is 0. The van der Waals surface area contributed by atoms with Gasteiger partial charge in [0.15, 0.2) is 0 Å². The second-order valence-corrected chi connectivity index (χ2v) is 8.72. The molecule has 2 saturated carbocycles. The smallest absolute Gasteiger partial charge is 0.0482 e. The molecule has 0 radical (unpaired) electrons. The van der Waals surface area contributed by atoms with Gasteiger partial charge in [0.2, 0.25) is 0 Å². The van der Waals surface area contributed by atoms with E-state index in [1.54, 1.807) is 5.69 Å². The summed E-state index contributed by atoms with van der Waals surface area (Å²) in [6, 6.07) is 12.3. The quantitative estimate of drug-likeness (QED) is 0.683.